The summed E-state index contributed by atoms with van der Waals surface area (Å²) in [4.78, 5) is 0. The lowest BCUT2D eigenvalue weighted by Crippen LogP contribution is -2.26. The van der Waals surface area contributed by atoms with Crippen LogP contribution in [-0.4, -0.2) is 0 Å². The topological polar surface area (TPSA) is 0 Å². The third-order valence-electron chi connectivity index (χ3n) is 13.2. The smallest absolute Gasteiger partial charge is 0.0622 e. The summed E-state index contributed by atoms with van der Waals surface area (Å²) in [5.74, 6) is 1.12. The van der Waals surface area contributed by atoms with Crippen LogP contribution in [0.1, 0.15) is 56.7 Å². The molecular weight excluding hydrogens is 673 g/mol. The zero-order chi connectivity index (χ0) is 36.8. The van der Waals surface area contributed by atoms with E-state index in [1.807, 2.05) is 0 Å². The highest BCUT2D eigenvalue weighted by Crippen LogP contribution is 2.68. The van der Waals surface area contributed by atoms with Crippen LogP contribution in [0.5, 0.6) is 0 Å². The molecule has 1 saturated carbocycles. The first-order chi connectivity index (χ1) is 27.8. The second-order valence-corrected chi connectivity index (χ2v) is 15.9. The van der Waals surface area contributed by atoms with Crippen molar-refractivity contribution >= 4 is 10.8 Å². The molecule has 0 aliphatic heterocycles. The van der Waals surface area contributed by atoms with Crippen molar-refractivity contribution in [2.45, 2.75) is 23.2 Å². The molecule has 0 nitrogen and oxygen atoms in total. The van der Waals surface area contributed by atoms with Crippen LogP contribution in [0, 0.1) is 0 Å². The van der Waals surface area contributed by atoms with Crippen molar-refractivity contribution in [1.82, 2.24) is 0 Å². The maximum atomic E-state index is 2.62. The van der Waals surface area contributed by atoms with Gasteiger partial charge in [0.2, 0.25) is 0 Å². The van der Waals surface area contributed by atoms with E-state index in [-0.39, 0.29) is 5.41 Å². The molecule has 0 radical (unpaired) electrons. The molecule has 12 rings (SSSR count). The standard InChI is InChI=1S/C56H38/c1-3-13-36(14-4-1)38-23-27-40(28-24-38)53-54(41-29-25-39(26-30-41)37-15-5-2-6-16-37)55(53)44-31-32-47-48-33-42-17-7-8-18-43(42)34-52(48)56(51(47)35-44)49-21-11-9-19-45(49)46-20-10-12-22-50(46)56/h1-35,53-55H. The Labute approximate surface area is 328 Å². The van der Waals surface area contributed by atoms with Crippen LogP contribution in [0.15, 0.2) is 212 Å². The first kappa shape index (κ1) is 31.6. The number of rotatable bonds is 5. The van der Waals surface area contributed by atoms with Gasteiger partial charge in [0.25, 0.3) is 0 Å². The summed E-state index contributed by atoms with van der Waals surface area (Å²) in [6.07, 6.45) is 0. The summed E-state index contributed by atoms with van der Waals surface area (Å²) in [5.41, 5.74) is 19.9. The van der Waals surface area contributed by atoms with E-state index in [0.717, 1.165) is 0 Å². The van der Waals surface area contributed by atoms with Crippen LogP contribution in [0.3, 0.4) is 0 Å². The third-order valence-corrected chi connectivity index (χ3v) is 13.2. The predicted octanol–water partition coefficient (Wildman–Crippen LogP) is 14.2. The average molecular weight is 711 g/mol. The fourth-order valence-corrected chi connectivity index (χ4v) is 10.7. The minimum atomic E-state index is -0.382. The lowest BCUT2D eigenvalue weighted by molar-refractivity contribution is 0.791. The molecule has 2 atom stereocenters. The third kappa shape index (κ3) is 4.53. The highest BCUT2D eigenvalue weighted by atomic mass is 14.6. The van der Waals surface area contributed by atoms with E-state index >= 15 is 0 Å². The Morgan fingerprint density at radius 2 is 0.643 bits per heavy atom. The summed E-state index contributed by atoms with van der Waals surface area (Å²) in [7, 11) is 0. The Bertz CT molecular complexity index is 2820. The average Bonchev–Trinajstić information content (AvgIpc) is 3.87. The van der Waals surface area contributed by atoms with Crippen molar-refractivity contribution in [1.29, 1.82) is 0 Å². The van der Waals surface area contributed by atoms with E-state index in [1.165, 1.54) is 94.2 Å². The molecule has 3 aliphatic rings. The summed E-state index contributed by atoms with van der Waals surface area (Å²) in [6.45, 7) is 0. The molecule has 0 N–H and O–H groups in total. The maximum absolute atomic E-state index is 2.62. The largest absolute Gasteiger partial charge is 0.0725 e. The molecule has 3 aliphatic carbocycles. The second kappa shape index (κ2) is 12.1. The number of hydrogen-bond donors (Lipinski definition) is 0. The second-order valence-electron chi connectivity index (χ2n) is 15.9. The first-order valence-corrected chi connectivity index (χ1v) is 20.0. The molecule has 2 unspecified atom stereocenters. The van der Waals surface area contributed by atoms with Gasteiger partial charge in [0.15, 0.2) is 0 Å². The highest BCUT2D eigenvalue weighted by Gasteiger charge is 2.55. The summed E-state index contributed by atoms with van der Waals surface area (Å²) in [6, 6.07) is 80.0. The lowest BCUT2D eigenvalue weighted by atomic mass is 9.70. The van der Waals surface area contributed by atoms with Gasteiger partial charge in [0.05, 0.1) is 5.41 Å². The van der Waals surface area contributed by atoms with Gasteiger partial charge >= 0.3 is 0 Å². The number of hydrogen-bond acceptors (Lipinski definition) is 0. The van der Waals surface area contributed by atoms with E-state index < -0.39 is 0 Å². The van der Waals surface area contributed by atoms with Crippen molar-refractivity contribution in [3.63, 3.8) is 0 Å². The minimum absolute atomic E-state index is 0.358. The first-order valence-electron chi connectivity index (χ1n) is 20.0. The fourth-order valence-electron chi connectivity index (χ4n) is 10.7. The van der Waals surface area contributed by atoms with Gasteiger partial charge in [0, 0.05) is 0 Å². The Hall–Kier alpha value is -6.76. The van der Waals surface area contributed by atoms with Crippen molar-refractivity contribution in [2.75, 3.05) is 0 Å². The van der Waals surface area contributed by atoms with E-state index in [9.17, 15) is 0 Å². The molecule has 0 bridgehead atoms. The summed E-state index contributed by atoms with van der Waals surface area (Å²) >= 11 is 0. The molecule has 9 aromatic carbocycles. The molecule has 0 heteroatoms. The van der Waals surface area contributed by atoms with Crippen molar-refractivity contribution in [2.24, 2.45) is 0 Å². The monoisotopic (exact) mass is 710 g/mol. The van der Waals surface area contributed by atoms with E-state index in [0.29, 0.717) is 17.8 Å². The van der Waals surface area contributed by atoms with Gasteiger partial charge in [0.1, 0.15) is 0 Å². The van der Waals surface area contributed by atoms with Crippen molar-refractivity contribution in [3.05, 3.63) is 251 Å². The fraction of sp³-hybridized carbons (Fsp3) is 0.0714. The molecule has 9 aromatic rings. The van der Waals surface area contributed by atoms with Crippen molar-refractivity contribution in [3.8, 4) is 44.5 Å². The normalized spacial score (nSPS) is 18.0. The molecule has 0 saturated heterocycles. The van der Waals surface area contributed by atoms with Crippen LogP contribution in [0.2, 0.25) is 0 Å². The summed E-state index contributed by atoms with van der Waals surface area (Å²) in [5, 5.41) is 2.58. The SMILES string of the molecule is c1ccc(-c2ccc(C3C(c4ccc(-c5ccccc5)cc4)C3c3ccc4c(c3)C3(c5ccccc5-c5ccccc53)c3cc5ccccc5cc3-4)cc2)cc1. The van der Waals surface area contributed by atoms with Gasteiger partial charge in [-0.15, -0.1) is 0 Å². The number of fused-ring (bicyclic) bond motifs is 11. The molecule has 1 fully saturated rings. The van der Waals surface area contributed by atoms with E-state index in [1.54, 1.807) is 0 Å². The Morgan fingerprint density at radius 3 is 1.20 bits per heavy atom. The Kier molecular flexibility index (Phi) is 6.83. The molecule has 1 spiro atoms. The maximum Gasteiger partial charge on any atom is 0.0725 e. The van der Waals surface area contributed by atoms with Gasteiger partial charge < -0.3 is 0 Å². The molecule has 0 aromatic heterocycles. The predicted molar refractivity (Wildman–Crippen MR) is 232 cm³/mol. The Morgan fingerprint density at radius 1 is 0.250 bits per heavy atom. The van der Waals surface area contributed by atoms with Gasteiger partial charge in [-0.25, -0.2) is 0 Å². The van der Waals surface area contributed by atoms with Crippen LogP contribution in [0.25, 0.3) is 55.3 Å². The van der Waals surface area contributed by atoms with Gasteiger partial charge in [-0.3, -0.25) is 0 Å². The molecule has 262 valence electrons. The van der Waals surface area contributed by atoms with Gasteiger partial charge in [-0.1, -0.05) is 200 Å². The van der Waals surface area contributed by atoms with Crippen LogP contribution in [0.4, 0.5) is 0 Å². The van der Waals surface area contributed by atoms with Gasteiger partial charge in [-0.2, -0.15) is 0 Å². The molecular formula is C56H38. The molecule has 0 amide bonds. The molecule has 56 heavy (non-hydrogen) atoms. The molecule has 0 heterocycles. The zero-order valence-corrected chi connectivity index (χ0v) is 30.9. The lowest BCUT2D eigenvalue weighted by Gasteiger charge is -2.31. The summed E-state index contributed by atoms with van der Waals surface area (Å²) < 4.78 is 0. The van der Waals surface area contributed by atoms with Crippen LogP contribution < -0.4 is 0 Å². The quantitative estimate of drug-likeness (QED) is 0.167. The van der Waals surface area contributed by atoms with Crippen LogP contribution >= 0.6 is 0 Å². The van der Waals surface area contributed by atoms with E-state index in [4.69, 9.17) is 0 Å². The van der Waals surface area contributed by atoms with E-state index in [2.05, 4.69) is 212 Å². The Balaban J connectivity index is 1.04. The van der Waals surface area contributed by atoms with Gasteiger partial charge in [-0.05, 0) is 124 Å². The zero-order valence-electron chi connectivity index (χ0n) is 30.9. The van der Waals surface area contributed by atoms with Crippen molar-refractivity contribution < 1.29 is 0 Å². The minimum Gasteiger partial charge on any atom is -0.0622 e. The highest BCUT2D eigenvalue weighted by molar-refractivity contribution is 6.00. The van der Waals surface area contributed by atoms with Crippen LogP contribution in [-0.2, 0) is 5.41 Å². The number of benzene rings is 9.